The molecule has 0 unspecified atom stereocenters. The summed E-state index contributed by atoms with van der Waals surface area (Å²) in [6.07, 6.45) is 5.67. The number of nitrogens with zero attached hydrogens (tertiary/aromatic N) is 2. The van der Waals surface area contributed by atoms with Gasteiger partial charge < -0.3 is 16.0 Å². The molecule has 0 saturated carbocycles. The Labute approximate surface area is 280 Å². The summed E-state index contributed by atoms with van der Waals surface area (Å²) in [4.78, 5) is 39.2. The van der Waals surface area contributed by atoms with E-state index in [9.17, 15) is 14.4 Å². The molecule has 1 aliphatic rings. The summed E-state index contributed by atoms with van der Waals surface area (Å²) >= 11 is 0. The van der Waals surface area contributed by atoms with Gasteiger partial charge in [-0.3, -0.25) is 14.4 Å². The zero-order chi connectivity index (χ0) is 35.0. The van der Waals surface area contributed by atoms with E-state index >= 15 is 0 Å². The summed E-state index contributed by atoms with van der Waals surface area (Å²) < 4.78 is 0. The Balaban J connectivity index is 0. The average Bonchev–Trinajstić information content (AvgIpc) is 3.05. The van der Waals surface area contributed by atoms with Gasteiger partial charge in [0.1, 0.15) is 6.04 Å². The van der Waals surface area contributed by atoms with E-state index in [0.717, 1.165) is 16.7 Å². The van der Waals surface area contributed by atoms with Crippen molar-refractivity contribution in [3.8, 4) is 0 Å². The topological polar surface area (TPSA) is 129 Å². The third-order valence-corrected chi connectivity index (χ3v) is 8.73. The Morgan fingerprint density at radius 2 is 1.52 bits per heavy atom. The lowest BCUT2D eigenvalue weighted by Crippen LogP contribution is -2.47. The Hall–Kier alpha value is -4.07. The Morgan fingerprint density at radius 1 is 0.978 bits per heavy atom. The number of allylic oxidation sites excluding steroid dienone is 2. The number of nitrogens with two attached hydrogens (primary N) is 1. The van der Waals surface area contributed by atoms with Crippen LogP contribution in [-0.2, 0) is 20.9 Å². The summed E-state index contributed by atoms with van der Waals surface area (Å²) in [5, 5.41) is 6.54. The molecule has 3 amide bonds. The van der Waals surface area contributed by atoms with Crippen molar-refractivity contribution >= 4 is 34.7 Å². The van der Waals surface area contributed by atoms with E-state index in [1.807, 2.05) is 62.4 Å². The van der Waals surface area contributed by atoms with Crippen LogP contribution >= 0.6 is 0 Å². The summed E-state index contributed by atoms with van der Waals surface area (Å²) in [5.41, 5.74) is 18.5. The zero-order valence-corrected chi connectivity index (χ0v) is 29.6. The van der Waals surface area contributed by atoms with Gasteiger partial charge in [-0.15, -0.1) is 6.58 Å². The maximum Gasteiger partial charge on any atom is 0.240 e. The summed E-state index contributed by atoms with van der Waals surface area (Å²) in [6.45, 7) is 22.6. The molecule has 0 bridgehead atoms. The van der Waals surface area contributed by atoms with Crippen LogP contribution in [0, 0.1) is 22.8 Å². The number of hydrogen-bond donors (Lipinski definition) is 3. The fraction of sp³-hybridized carbons (Fsp3) is 0.500. The van der Waals surface area contributed by atoms with E-state index in [1.165, 1.54) is 19.3 Å². The number of carbonyl (C=O) groups excluding carboxylic acids is 3. The normalized spacial score (nSPS) is 14.6. The molecule has 46 heavy (non-hydrogen) atoms. The van der Waals surface area contributed by atoms with Crippen LogP contribution in [0.1, 0.15) is 114 Å². The van der Waals surface area contributed by atoms with E-state index in [2.05, 4.69) is 57.7 Å². The number of fused-ring (bicyclic) bond motifs is 2. The van der Waals surface area contributed by atoms with Crippen LogP contribution in [0.4, 0.5) is 5.69 Å². The van der Waals surface area contributed by atoms with Crippen LogP contribution < -0.4 is 16.0 Å². The van der Waals surface area contributed by atoms with Gasteiger partial charge in [0.25, 0.3) is 0 Å². The molecule has 4 N–H and O–H groups in total. The number of amides is 3. The number of benzene rings is 2. The molecule has 1 aliphatic heterocycles. The number of anilines is 1. The van der Waals surface area contributed by atoms with Gasteiger partial charge in [0.05, 0.1) is 17.9 Å². The highest BCUT2D eigenvalue weighted by molar-refractivity contribution is 6.02. The van der Waals surface area contributed by atoms with Gasteiger partial charge >= 0.3 is 0 Å². The molecule has 1 heterocycles. The molecule has 2 aromatic rings. The van der Waals surface area contributed by atoms with Gasteiger partial charge in [0, 0.05) is 21.3 Å². The second-order valence-corrected chi connectivity index (χ2v) is 12.0. The minimum atomic E-state index is -0.785. The van der Waals surface area contributed by atoms with Gasteiger partial charge in [0.15, 0.2) is 0 Å². The van der Waals surface area contributed by atoms with Crippen LogP contribution in [0.5, 0.6) is 0 Å². The molecule has 0 saturated heterocycles. The number of nitrogens with one attached hydrogen (secondary N) is 2. The lowest BCUT2D eigenvalue weighted by atomic mass is 9.80. The molecular weight excluding hydrogens is 574 g/mol. The van der Waals surface area contributed by atoms with Crippen molar-refractivity contribution in [1.82, 2.24) is 5.32 Å². The Bertz CT molecular complexity index is 1360. The third kappa shape index (κ3) is 10.2. The van der Waals surface area contributed by atoms with Crippen molar-refractivity contribution in [2.75, 3.05) is 4.90 Å². The second-order valence-electron chi connectivity index (χ2n) is 12.0. The van der Waals surface area contributed by atoms with E-state index in [0.29, 0.717) is 28.9 Å². The lowest BCUT2D eigenvalue weighted by molar-refractivity contribution is -0.129. The van der Waals surface area contributed by atoms with E-state index < -0.39 is 17.9 Å². The van der Waals surface area contributed by atoms with Crippen molar-refractivity contribution in [1.29, 1.82) is 5.53 Å². The van der Waals surface area contributed by atoms with Crippen molar-refractivity contribution in [3.05, 3.63) is 77.9 Å². The average molecular weight is 636 g/mol. The van der Waals surface area contributed by atoms with Gasteiger partial charge in [-0.1, -0.05) is 111 Å². The van der Waals surface area contributed by atoms with Gasteiger partial charge in [0.2, 0.25) is 17.7 Å². The minimum Gasteiger partial charge on any atom is -0.368 e. The molecule has 8 nitrogen and oxygen atoms in total. The van der Waals surface area contributed by atoms with Crippen LogP contribution in [0.2, 0.25) is 0 Å². The van der Waals surface area contributed by atoms with Crippen LogP contribution in [0.25, 0.3) is 11.3 Å². The molecule has 0 aliphatic carbocycles. The highest BCUT2D eigenvalue weighted by atomic mass is 16.2. The van der Waals surface area contributed by atoms with Crippen LogP contribution in [0.15, 0.2) is 66.3 Å². The minimum absolute atomic E-state index is 0. The van der Waals surface area contributed by atoms with Gasteiger partial charge in [-0.2, -0.15) is 5.11 Å². The number of para-hydroxylation sites is 1. The molecule has 0 radical (unpaired) electrons. The fourth-order valence-corrected chi connectivity index (χ4v) is 5.64. The molecule has 0 fully saturated rings. The maximum absolute atomic E-state index is 13.5. The van der Waals surface area contributed by atoms with Crippen LogP contribution in [-0.4, -0.2) is 23.8 Å². The van der Waals surface area contributed by atoms with Crippen molar-refractivity contribution < 1.29 is 17.2 Å². The molecule has 8 heteroatoms. The van der Waals surface area contributed by atoms with E-state index in [4.69, 9.17) is 11.3 Å². The molecule has 2 aromatic carbocycles. The molecule has 256 valence electrons. The third-order valence-electron chi connectivity index (χ3n) is 8.73. The van der Waals surface area contributed by atoms with Crippen LogP contribution in [0.3, 0.4) is 0 Å². The van der Waals surface area contributed by atoms with Crippen molar-refractivity contribution in [2.45, 2.75) is 107 Å². The fourth-order valence-electron chi connectivity index (χ4n) is 5.64. The first-order valence-corrected chi connectivity index (χ1v) is 16.7. The first-order valence-electron chi connectivity index (χ1n) is 16.7. The van der Waals surface area contributed by atoms with Gasteiger partial charge in [-0.05, 0) is 59.3 Å². The first kappa shape index (κ1) is 40.0. The standard InChI is InChI=1S/C27H33N5O3.C9H18.C2H6.2H2/c1-16(2)24-19-10-6-5-9-18(19)15-32(21-12-8-7-11-20(21)26(24)31-29)23(34)14-13-22(33)30-25(17(3)4)27(28)35;1-5-9(6-2,7-3)8-4;1-2;;/h5-12,16-17,25,29H,13-15H2,1-4H3,(H2,28,35)(H,30,33);5H,1,6-8H2,2-4H3;1-2H3;2*1H/b26-24+,31-29?;;;;/t25-;;;;/m0..../s1. The summed E-state index contributed by atoms with van der Waals surface area (Å²) in [6, 6.07) is 14.5. The van der Waals surface area contributed by atoms with Crippen molar-refractivity contribution in [3.63, 3.8) is 0 Å². The molecule has 0 spiro atoms. The van der Waals surface area contributed by atoms with E-state index in [-0.39, 0.29) is 33.4 Å². The van der Waals surface area contributed by atoms with Gasteiger partial charge in [-0.25, -0.2) is 5.53 Å². The molecule has 0 aromatic heterocycles. The predicted molar refractivity (Wildman–Crippen MR) is 195 cm³/mol. The molecule has 1 atom stereocenters. The van der Waals surface area contributed by atoms with Crippen molar-refractivity contribution in [2.24, 2.45) is 28.1 Å². The number of hydrogen-bond acceptors (Lipinski definition) is 5. The summed E-state index contributed by atoms with van der Waals surface area (Å²) in [5.74, 6) is -1.29. The smallest absolute Gasteiger partial charge is 0.240 e. The molecular formula is C38H61N5O3. The first-order chi connectivity index (χ1) is 21.9. The highest BCUT2D eigenvalue weighted by Gasteiger charge is 2.29. The highest BCUT2D eigenvalue weighted by Crippen LogP contribution is 2.41. The zero-order valence-electron chi connectivity index (χ0n) is 29.6. The lowest BCUT2D eigenvalue weighted by Gasteiger charge is -2.31. The Morgan fingerprint density at radius 3 is 1.98 bits per heavy atom. The number of rotatable bonds is 12. The SMILES string of the molecule is C=CC(CC)(CC)CC.CC.CC(C)/C1=C(\N=N)c2ccccc2N(C(=O)CCC(=O)N[C@H](C(N)=O)C(C)C)Cc2ccccc21.[HH].[HH]. The second kappa shape index (κ2) is 19.4. The largest absolute Gasteiger partial charge is 0.368 e. The molecule has 3 rings (SSSR count). The Kier molecular flexibility index (Phi) is 16.9. The quantitative estimate of drug-likeness (QED) is 0.159. The monoisotopic (exact) mass is 635 g/mol. The van der Waals surface area contributed by atoms with E-state index in [1.54, 1.807) is 18.7 Å². The predicted octanol–water partition coefficient (Wildman–Crippen LogP) is 9.40. The maximum atomic E-state index is 13.5. The summed E-state index contributed by atoms with van der Waals surface area (Å²) in [7, 11) is 0. The number of primary amides is 1. The number of carbonyl (C=O) groups is 3.